The van der Waals surface area contributed by atoms with Crippen LogP contribution in [0.3, 0.4) is 0 Å². The van der Waals surface area contributed by atoms with Crippen molar-refractivity contribution in [2.75, 3.05) is 5.32 Å². The highest BCUT2D eigenvalue weighted by Crippen LogP contribution is 2.27. The zero-order valence-electron chi connectivity index (χ0n) is 12.5. The first-order chi connectivity index (χ1) is 10.5. The van der Waals surface area contributed by atoms with Crippen LogP contribution in [-0.4, -0.2) is 16.9 Å². The van der Waals surface area contributed by atoms with Crippen molar-refractivity contribution in [3.63, 3.8) is 0 Å². The molecular weight excluding hydrogens is 280 g/mol. The zero-order valence-corrected chi connectivity index (χ0v) is 12.5. The van der Waals surface area contributed by atoms with Crippen LogP contribution in [0, 0.1) is 0 Å². The van der Waals surface area contributed by atoms with Gasteiger partial charge in [0.05, 0.1) is 5.56 Å². The van der Waals surface area contributed by atoms with Gasteiger partial charge in [-0.15, -0.1) is 0 Å². The number of nitrogens with one attached hydrogen (secondary N) is 2. The Labute approximate surface area is 128 Å². The molecule has 6 N–H and O–H groups in total. The number of unbranched alkanes of at least 4 members (excludes halogenated alkanes) is 2. The minimum atomic E-state index is -0.756. The minimum Gasteiger partial charge on any atom is -0.365 e. The van der Waals surface area contributed by atoms with Crippen LogP contribution in [0.25, 0.3) is 17.0 Å². The molecule has 0 aliphatic heterocycles. The summed E-state index contributed by atoms with van der Waals surface area (Å²) >= 11 is 0. The molecule has 0 radical (unpaired) electrons. The second-order valence-corrected chi connectivity index (χ2v) is 5.08. The van der Waals surface area contributed by atoms with Gasteiger partial charge in [0.15, 0.2) is 0 Å². The van der Waals surface area contributed by atoms with Crippen molar-refractivity contribution < 1.29 is 9.59 Å². The number of primary amides is 2. The number of amides is 3. The van der Waals surface area contributed by atoms with Crippen LogP contribution in [0.4, 0.5) is 10.6 Å². The SMILES string of the molecule is CCCC/C=C/c1ccc2c(C(N)=O)c(NC(N)=O)[nH]c2c1. The number of hydrogen-bond acceptors (Lipinski definition) is 2. The number of carbonyl (C=O) groups excluding carboxylic acids is 2. The first-order valence-corrected chi connectivity index (χ1v) is 7.21. The van der Waals surface area contributed by atoms with Crippen LogP contribution in [0.1, 0.15) is 42.1 Å². The number of urea groups is 1. The molecule has 0 aliphatic rings. The summed E-state index contributed by atoms with van der Waals surface area (Å²) in [6, 6.07) is 4.85. The van der Waals surface area contributed by atoms with E-state index in [9.17, 15) is 9.59 Å². The second-order valence-electron chi connectivity index (χ2n) is 5.08. The van der Waals surface area contributed by atoms with Crippen molar-refractivity contribution in [1.29, 1.82) is 0 Å². The lowest BCUT2D eigenvalue weighted by Gasteiger charge is -2.00. The highest BCUT2D eigenvalue weighted by Gasteiger charge is 2.17. The molecule has 1 aromatic carbocycles. The Morgan fingerprint density at radius 1 is 1.32 bits per heavy atom. The first kappa shape index (κ1) is 15.6. The van der Waals surface area contributed by atoms with Crippen LogP contribution in [-0.2, 0) is 0 Å². The molecule has 3 amide bonds. The van der Waals surface area contributed by atoms with Crippen molar-refractivity contribution in [3.8, 4) is 0 Å². The zero-order chi connectivity index (χ0) is 16.1. The van der Waals surface area contributed by atoms with Gasteiger partial charge in [0, 0.05) is 10.9 Å². The number of hydrogen-bond donors (Lipinski definition) is 4. The molecule has 22 heavy (non-hydrogen) atoms. The number of H-pyrrole nitrogens is 1. The predicted octanol–water partition coefficient (Wildman–Crippen LogP) is 2.96. The average molecular weight is 300 g/mol. The maximum Gasteiger partial charge on any atom is 0.317 e. The van der Waals surface area contributed by atoms with E-state index in [1.54, 1.807) is 6.07 Å². The van der Waals surface area contributed by atoms with Gasteiger partial charge >= 0.3 is 6.03 Å². The number of allylic oxidation sites excluding steroid dienone is 1. The van der Waals surface area contributed by atoms with E-state index in [1.807, 2.05) is 18.2 Å². The monoisotopic (exact) mass is 300 g/mol. The summed E-state index contributed by atoms with van der Waals surface area (Å²) < 4.78 is 0. The molecule has 6 heteroatoms. The van der Waals surface area contributed by atoms with E-state index < -0.39 is 11.9 Å². The average Bonchev–Trinajstić information content (AvgIpc) is 2.79. The molecule has 0 atom stereocenters. The van der Waals surface area contributed by atoms with E-state index in [0.717, 1.165) is 30.3 Å². The third-order valence-corrected chi connectivity index (χ3v) is 3.35. The fraction of sp³-hybridized carbons (Fsp3) is 0.250. The molecule has 0 bridgehead atoms. The molecule has 116 valence electrons. The number of anilines is 1. The molecule has 0 fully saturated rings. The Hall–Kier alpha value is -2.76. The van der Waals surface area contributed by atoms with Crippen molar-refractivity contribution in [1.82, 2.24) is 4.98 Å². The molecule has 2 rings (SSSR count). The molecule has 0 saturated heterocycles. The van der Waals surface area contributed by atoms with Crippen LogP contribution in [0.5, 0.6) is 0 Å². The first-order valence-electron chi connectivity index (χ1n) is 7.21. The van der Waals surface area contributed by atoms with Crippen LogP contribution in [0.2, 0.25) is 0 Å². The van der Waals surface area contributed by atoms with E-state index in [-0.39, 0.29) is 11.4 Å². The van der Waals surface area contributed by atoms with Crippen LogP contribution >= 0.6 is 0 Å². The number of benzene rings is 1. The fourth-order valence-corrected chi connectivity index (χ4v) is 2.33. The number of nitrogens with two attached hydrogens (primary N) is 2. The number of rotatable bonds is 6. The summed E-state index contributed by atoms with van der Waals surface area (Å²) in [7, 11) is 0. The maximum atomic E-state index is 11.6. The van der Waals surface area contributed by atoms with Crippen molar-refractivity contribution in [2.45, 2.75) is 26.2 Å². The van der Waals surface area contributed by atoms with Crippen LogP contribution < -0.4 is 16.8 Å². The van der Waals surface area contributed by atoms with Crippen molar-refractivity contribution >= 4 is 34.7 Å². The van der Waals surface area contributed by atoms with Gasteiger partial charge < -0.3 is 16.5 Å². The van der Waals surface area contributed by atoms with Crippen LogP contribution in [0.15, 0.2) is 24.3 Å². The Kier molecular flexibility index (Phi) is 4.83. The van der Waals surface area contributed by atoms with Crippen molar-refractivity contribution in [2.24, 2.45) is 11.5 Å². The lowest BCUT2D eigenvalue weighted by Crippen LogP contribution is -2.22. The van der Waals surface area contributed by atoms with E-state index in [0.29, 0.717) is 5.39 Å². The molecule has 1 heterocycles. The normalized spacial score (nSPS) is 11.1. The molecule has 1 aromatic heterocycles. The molecule has 0 spiro atoms. The lowest BCUT2D eigenvalue weighted by molar-refractivity contribution is 0.100. The minimum absolute atomic E-state index is 0.224. The van der Waals surface area contributed by atoms with Gasteiger partial charge in [0.2, 0.25) is 0 Å². The number of carbonyl (C=O) groups is 2. The molecule has 0 aliphatic carbocycles. The molecular formula is C16H20N4O2. The molecule has 0 saturated carbocycles. The summed E-state index contributed by atoms with van der Waals surface area (Å²) in [5.74, 6) is -0.400. The Morgan fingerprint density at radius 3 is 2.73 bits per heavy atom. The predicted molar refractivity (Wildman–Crippen MR) is 88.6 cm³/mol. The van der Waals surface area contributed by atoms with Gasteiger partial charge in [-0.2, -0.15) is 0 Å². The Morgan fingerprint density at radius 2 is 2.09 bits per heavy atom. The topological polar surface area (TPSA) is 114 Å². The number of fused-ring (bicyclic) bond motifs is 1. The summed E-state index contributed by atoms with van der Waals surface area (Å²) in [6.45, 7) is 2.15. The van der Waals surface area contributed by atoms with Gasteiger partial charge in [-0.3, -0.25) is 10.1 Å². The number of aromatic nitrogens is 1. The summed E-state index contributed by atoms with van der Waals surface area (Å²) in [6.07, 6.45) is 7.48. The third kappa shape index (κ3) is 3.46. The Bertz CT molecular complexity index is 731. The highest BCUT2D eigenvalue weighted by molar-refractivity contribution is 6.13. The van der Waals surface area contributed by atoms with E-state index in [1.165, 1.54) is 0 Å². The van der Waals surface area contributed by atoms with Gasteiger partial charge in [0.25, 0.3) is 5.91 Å². The molecule has 0 unspecified atom stereocenters. The van der Waals surface area contributed by atoms with Gasteiger partial charge in [-0.05, 0) is 18.1 Å². The van der Waals surface area contributed by atoms with Crippen molar-refractivity contribution in [3.05, 3.63) is 35.4 Å². The smallest absolute Gasteiger partial charge is 0.317 e. The lowest BCUT2D eigenvalue weighted by atomic mass is 10.1. The third-order valence-electron chi connectivity index (χ3n) is 3.35. The van der Waals surface area contributed by atoms with E-state index >= 15 is 0 Å². The van der Waals surface area contributed by atoms with E-state index in [4.69, 9.17) is 11.5 Å². The fourth-order valence-electron chi connectivity index (χ4n) is 2.33. The van der Waals surface area contributed by atoms with E-state index in [2.05, 4.69) is 23.3 Å². The summed E-state index contributed by atoms with van der Waals surface area (Å²) in [5, 5.41) is 3.04. The highest BCUT2D eigenvalue weighted by atomic mass is 16.2. The molecule has 6 nitrogen and oxygen atoms in total. The van der Waals surface area contributed by atoms with Gasteiger partial charge in [-0.1, -0.05) is 44.1 Å². The van der Waals surface area contributed by atoms with Gasteiger partial charge in [0.1, 0.15) is 5.82 Å². The molecule has 2 aromatic rings. The van der Waals surface area contributed by atoms with Gasteiger partial charge in [-0.25, -0.2) is 4.79 Å². The maximum absolute atomic E-state index is 11.6. The second kappa shape index (κ2) is 6.80. The number of aromatic amines is 1. The summed E-state index contributed by atoms with van der Waals surface area (Å²) in [4.78, 5) is 25.6. The quantitative estimate of drug-likeness (QED) is 0.614. The Balaban J connectivity index is 2.39. The standard InChI is InChI=1S/C16H20N4O2/c1-2-3-4-5-6-10-7-8-11-12(9-10)19-15(20-16(18)22)13(11)14(17)21/h5-9,19H,2-4H2,1H3,(H2,17,21)(H3,18,20,22)/b6-5+. The largest absolute Gasteiger partial charge is 0.365 e. The summed E-state index contributed by atoms with van der Waals surface area (Å²) in [5.41, 5.74) is 12.4.